The van der Waals surface area contributed by atoms with Crippen molar-refractivity contribution in [2.24, 2.45) is 0 Å². The third-order valence-corrected chi connectivity index (χ3v) is 3.29. The van der Waals surface area contributed by atoms with Gasteiger partial charge in [-0.2, -0.15) is 0 Å². The largest absolute Gasteiger partial charge is 0.315 e. The van der Waals surface area contributed by atoms with E-state index in [0.29, 0.717) is 13.1 Å². The van der Waals surface area contributed by atoms with Gasteiger partial charge in [-0.1, -0.05) is 12.2 Å². The summed E-state index contributed by atoms with van der Waals surface area (Å²) in [4.78, 5) is 0. The Morgan fingerprint density at radius 3 is 2.36 bits per heavy atom. The minimum atomic E-state index is -2.76. The van der Waals surface area contributed by atoms with Crippen LogP contribution in [0.4, 0.5) is 0 Å². The Labute approximate surface area is 71.5 Å². The lowest BCUT2D eigenvalue weighted by molar-refractivity contribution is 0.261. The monoisotopic (exact) mass is 194 g/mol. The smallest absolute Gasteiger partial charge is 0.152 e. The zero-order chi connectivity index (χ0) is 8.32. The van der Waals surface area contributed by atoms with Gasteiger partial charge in [0.05, 0.1) is 17.0 Å². The molecule has 0 bridgehead atoms. The van der Waals surface area contributed by atoms with Gasteiger partial charge < -0.3 is 5.43 Å². The summed E-state index contributed by atoms with van der Waals surface area (Å²) in [6.07, 6.45) is 0. The summed E-state index contributed by atoms with van der Waals surface area (Å²) in [7, 11) is -2.76. The Balaban J connectivity index is 2.42. The Morgan fingerprint density at radius 2 is 1.91 bits per heavy atom. The van der Waals surface area contributed by atoms with Gasteiger partial charge in [-0.25, -0.2) is 13.4 Å². The highest BCUT2D eigenvalue weighted by Gasteiger charge is 2.20. The van der Waals surface area contributed by atoms with E-state index in [1.54, 1.807) is 5.01 Å². The standard InChI is InChI=1S/C5H10N2O2S2/c8-11(9)3-1-7(2-4-11)6-5-10/h5H,1-4H2,(H,6,10). The van der Waals surface area contributed by atoms with Crippen LogP contribution in [0.25, 0.3) is 0 Å². The van der Waals surface area contributed by atoms with Gasteiger partial charge in [0.1, 0.15) is 0 Å². The molecule has 0 atom stereocenters. The van der Waals surface area contributed by atoms with Crippen LogP contribution in [0.1, 0.15) is 0 Å². The van der Waals surface area contributed by atoms with Crippen LogP contribution in [-0.2, 0) is 9.84 Å². The normalized spacial score (nSPS) is 24.4. The molecule has 0 aliphatic carbocycles. The van der Waals surface area contributed by atoms with E-state index in [9.17, 15) is 8.42 Å². The average molecular weight is 194 g/mol. The minimum absolute atomic E-state index is 0.225. The van der Waals surface area contributed by atoms with Crippen molar-refractivity contribution in [3.63, 3.8) is 0 Å². The van der Waals surface area contributed by atoms with E-state index < -0.39 is 9.84 Å². The van der Waals surface area contributed by atoms with Gasteiger partial charge in [0.25, 0.3) is 0 Å². The second-order valence-electron chi connectivity index (χ2n) is 2.39. The molecule has 6 heteroatoms. The molecule has 1 fully saturated rings. The zero-order valence-corrected chi connectivity index (χ0v) is 7.62. The minimum Gasteiger partial charge on any atom is -0.315 e. The quantitative estimate of drug-likeness (QED) is 0.582. The number of hydrazine groups is 1. The van der Waals surface area contributed by atoms with Crippen LogP contribution >= 0.6 is 12.2 Å². The molecule has 1 N–H and O–H groups in total. The molecule has 0 saturated carbocycles. The first kappa shape index (κ1) is 8.89. The van der Waals surface area contributed by atoms with Gasteiger partial charge in [0, 0.05) is 13.1 Å². The van der Waals surface area contributed by atoms with Crippen molar-refractivity contribution in [2.75, 3.05) is 24.6 Å². The third kappa shape index (κ3) is 2.72. The molecule has 0 aromatic carbocycles. The van der Waals surface area contributed by atoms with Crippen molar-refractivity contribution < 1.29 is 8.42 Å². The number of sulfone groups is 1. The maximum atomic E-state index is 10.9. The number of nitrogens with one attached hydrogen (secondary N) is 1. The van der Waals surface area contributed by atoms with E-state index in [1.807, 2.05) is 0 Å². The topological polar surface area (TPSA) is 49.4 Å². The number of hydrogen-bond acceptors (Lipinski definition) is 4. The summed E-state index contributed by atoms with van der Waals surface area (Å²) >= 11 is 4.56. The molecule has 0 amide bonds. The van der Waals surface area contributed by atoms with Crippen molar-refractivity contribution >= 4 is 27.5 Å². The lowest BCUT2D eigenvalue weighted by atomic mass is 10.6. The first-order valence-electron chi connectivity index (χ1n) is 3.29. The molecule has 0 radical (unpaired) electrons. The maximum Gasteiger partial charge on any atom is 0.152 e. The summed E-state index contributed by atoms with van der Waals surface area (Å²) in [5.41, 5.74) is 4.17. The molecule has 0 aromatic heterocycles. The fourth-order valence-corrected chi connectivity index (χ4v) is 2.27. The summed E-state index contributed by atoms with van der Waals surface area (Å²) in [5.74, 6) is 0.451. The Morgan fingerprint density at radius 1 is 1.36 bits per heavy atom. The van der Waals surface area contributed by atoms with Gasteiger partial charge in [0.2, 0.25) is 0 Å². The molecule has 1 saturated heterocycles. The van der Waals surface area contributed by atoms with Gasteiger partial charge >= 0.3 is 0 Å². The summed E-state index contributed by atoms with van der Waals surface area (Å²) in [6.45, 7) is 1.05. The van der Waals surface area contributed by atoms with Crippen LogP contribution in [0, 0.1) is 0 Å². The first-order chi connectivity index (χ1) is 5.14. The van der Waals surface area contributed by atoms with Crippen LogP contribution in [0.3, 0.4) is 0 Å². The van der Waals surface area contributed by atoms with Crippen molar-refractivity contribution in [1.82, 2.24) is 10.4 Å². The fraction of sp³-hybridized carbons (Fsp3) is 0.800. The number of hydrogen-bond donors (Lipinski definition) is 1. The number of rotatable bonds is 2. The second-order valence-corrected chi connectivity index (χ2v) is 4.93. The number of nitrogens with zero attached hydrogens (tertiary/aromatic N) is 1. The SMILES string of the molecule is O=S1(=O)CCN(NC=S)CC1. The van der Waals surface area contributed by atoms with Crippen LogP contribution < -0.4 is 5.43 Å². The lowest BCUT2D eigenvalue weighted by Crippen LogP contribution is -2.47. The van der Waals surface area contributed by atoms with E-state index in [4.69, 9.17) is 0 Å². The van der Waals surface area contributed by atoms with Gasteiger partial charge in [-0.05, 0) is 0 Å². The lowest BCUT2D eigenvalue weighted by Gasteiger charge is -2.25. The van der Waals surface area contributed by atoms with E-state index in [-0.39, 0.29) is 11.5 Å². The molecule has 1 aliphatic rings. The van der Waals surface area contributed by atoms with Crippen molar-refractivity contribution in [3.05, 3.63) is 0 Å². The third-order valence-electron chi connectivity index (χ3n) is 1.58. The Hall–Kier alpha value is -0.200. The molecule has 1 rings (SSSR count). The van der Waals surface area contributed by atoms with Gasteiger partial charge in [-0.3, -0.25) is 0 Å². The highest BCUT2D eigenvalue weighted by atomic mass is 32.2. The zero-order valence-electron chi connectivity index (χ0n) is 5.99. The Bertz CT molecular complexity index is 223. The highest BCUT2D eigenvalue weighted by molar-refractivity contribution is 7.91. The molecule has 0 unspecified atom stereocenters. The highest BCUT2D eigenvalue weighted by Crippen LogP contribution is 1.99. The van der Waals surface area contributed by atoms with E-state index in [2.05, 4.69) is 17.6 Å². The van der Waals surface area contributed by atoms with Crippen LogP contribution in [-0.4, -0.2) is 43.5 Å². The molecule has 64 valence electrons. The van der Waals surface area contributed by atoms with E-state index in [1.165, 1.54) is 5.49 Å². The maximum absolute atomic E-state index is 10.9. The molecule has 11 heavy (non-hydrogen) atoms. The van der Waals surface area contributed by atoms with Gasteiger partial charge in [-0.15, -0.1) is 0 Å². The Kier molecular flexibility index (Phi) is 2.80. The molecule has 1 aliphatic heterocycles. The molecule has 4 nitrogen and oxygen atoms in total. The van der Waals surface area contributed by atoms with E-state index >= 15 is 0 Å². The molecule has 0 spiro atoms. The summed E-state index contributed by atoms with van der Waals surface area (Å²) < 4.78 is 21.8. The predicted molar refractivity (Wildman–Crippen MR) is 47.0 cm³/mol. The molecular formula is C5H10N2O2S2. The predicted octanol–water partition coefficient (Wildman–Crippen LogP) is -0.821. The van der Waals surface area contributed by atoms with E-state index in [0.717, 1.165) is 0 Å². The van der Waals surface area contributed by atoms with Gasteiger partial charge in [0.15, 0.2) is 9.84 Å². The van der Waals surface area contributed by atoms with Crippen molar-refractivity contribution in [2.45, 2.75) is 0 Å². The summed E-state index contributed by atoms with van der Waals surface area (Å²) in [6, 6.07) is 0. The van der Waals surface area contributed by atoms with Crippen LogP contribution in [0.2, 0.25) is 0 Å². The average Bonchev–Trinajstić information content (AvgIpc) is 1.94. The second kappa shape index (κ2) is 3.46. The van der Waals surface area contributed by atoms with Crippen molar-refractivity contribution in [1.29, 1.82) is 0 Å². The first-order valence-corrected chi connectivity index (χ1v) is 5.58. The van der Waals surface area contributed by atoms with Crippen LogP contribution in [0.15, 0.2) is 0 Å². The molecule has 1 heterocycles. The summed E-state index contributed by atoms with van der Waals surface area (Å²) in [5, 5.41) is 1.80. The number of thiocarbonyl (C=S) groups is 1. The van der Waals surface area contributed by atoms with Crippen molar-refractivity contribution in [3.8, 4) is 0 Å². The molecular weight excluding hydrogens is 184 g/mol. The molecule has 0 aromatic rings. The van der Waals surface area contributed by atoms with Crippen LogP contribution in [0.5, 0.6) is 0 Å². The fourth-order valence-electron chi connectivity index (χ4n) is 0.916.